The van der Waals surface area contributed by atoms with Crippen molar-refractivity contribution in [1.82, 2.24) is 0 Å². The summed E-state index contributed by atoms with van der Waals surface area (Å²) < 4.78 is 13.9. The maximum atomic E-state index is 14.5. The lowest BCUT2D eigenvalue weighted by Gasteiger charge is -2.44. The zero-order valence-corrected chi connectivity index (χ0v) is 27.9. The van der Waals surface area contributed by atoms with E-state index in [-0.39, 0.29) is 5.78 Å². The largest absolute Gasteiger partial charge is 0.455 e. The minimum Gasteiger partial charge on any atom is -0.455 e. The fourth-order valence-corrected chi connectivity index (χ4v) is 9.14. The zero-order valence-electron chi connectivity index (χ0n) is 27.9. The Hall–Kier alpha value is -6.49. The third kappa shape index (κ3) is 3.93. The van der Waals surface area contributed by atoms with Crippen LogP contribution in [0.25, 0.3) is 77.6 Å². The number of benzene rings is 7. The van der Waals surface area contributed by atoms with Gasteiger partial charge in [0.15, 0.2) is 5.78 Å². The number of hydrogen-bond acceptors (Lipinski definition) is 4. The van der Waals surface area contributed by atoms with E-state index in [0.29, 0.717) is 5.76 Å². The molecule has 12 rings (SSSR count). The molecular weight excluding hydrogens is 641 g/mol. The molecule has 2 bridgehead atoms. The van der Waals surface area contributed by atoms with Gasteiger partial charge in [0, 0.05) is 38.9 Å². The third-order valence-corrected chi connectivity index (χ3v) is 11.2. The van der Waals surface area contributed by atoms with Crippen LogP contribution in [0.4, 0.5) is 0 Å². The van der Waals surface area contributed by atoms with Gasteiger partial charge < -0.3 is 13.9 Å². The third-order valence-electron chi connectivity index (χ3n) is 11.2. The lowest BCUT2D eigenvalue weighted by atomic mass is 9.58. The van der Waals surface area contributed by atoms with Gasteiger partial charge in [0.2, 0.25) is 0 Å². The van der Waals surface area contributed by atoms with Crippen molar-refractivity contribution in [1.29, 1.82) is 0 Å². The van der Waals surface area contributed by atoms with Gasteiger partial charge in [-0.1, -0.05) is 146 Å². The van der Waals surface area contributed by atoms with Crippen molar-refractivity contribution in [3.63, 3.8) is 0 Å². The first kappa shape index (κ1) is 29.3. The highest BCUT2D eigenvalue weighted by Crippen LogP contribution is 2.61. The molecular formula is C48H30O4. The van der Waals surface area contributed by atoms with E-state index >= 15 is 0 Å². The van der Waals surface area contributed by atoms with E-state index < -0.39 is 17.9 Å². The van der Waals surface area contributed by atoms with Crippen molar-refractivity contribution >= 4 is 38.5 Å². The van der Waals surface area contributed by atoms with Crippen molar-refractivity contribution in [2.75, 3.05) is 0 Å². The van der Waals surface area contributed by atoms with Crippen molar-refractivity contribution in [2.45, 2.75) is 17.9 Å². The first-order valence-corrected chi connectivity index (χ1v) is 17.7. The Bertz CT molecular complexity index is 2900. The van der Waals surface area contributed by atoms with Crippen molar-refractivity contribution in [3.05, 3.63) is 180 Å². The summed E-state index contributed by atoms with van der Waals surface area (Å²) in [4.78, 5) is 14.5. The van der Waals surface area contributed by atoms with Crippen LogP contribution in [-0.2, 0) is 4.79 Å². The zero-order chi connectivity index (χ0) is 34.5. The van der Waals surface area contributed by atoms with Gasteiger partial charge in [-0.15, -0.1) is 0 Å². The van der Waals surface area contributed by atoms with E-state index in [0.717, 1.165) is 94.1 Å². The van der Waals surface area contributed by atoms with Gasteiger partial charge in [-0.05, 0) is 56.3 Å². The van der Waals surface area contributed by atoms with E-state index in [1.807, 2.05) is 91.0 Å². The summed E-state index contributed by atoms with van der Waals surface area (Å²) in [5.41, 5.74) is 11.1. The van der Waals surface area contributed by atoms with Gasteiger partial charge in [0.25, 0.3) is 0 Å². The summed E-state index contributed by atoms with van der Waals surface area (Å²) in [6, 6.07) is 53.4. The minimum absolute atomic E-state index is 0.191. The normalized spacial score (nSPS) is 17.6. The monoisotopic (exact) mass is 670 g/mol. The summed E-state index contributed by atoms with van der Waals surface area (Å²) in [5, 5.41) is 16.0. The number of carbonyl (C=O) groups is 1. The molecule has 0 saturated heterocycles. The standard InChI is InChI=1S/C48H30O4/c49-45-39-29-19-7-8-20-30(29)40(46(45)50)44-42(48-38(28-17-5-2-6-18-28)34-24-12-14-26-36(34)52-48)32-22-10-9-21-31(32)41(43(39)44)47-37(27-15-3-1-4-16-27)33-23-11-13-25-35(33)51-47/h1-26,39-40,45,49H. The first-order chi connectivity index (χ1) is 25.7. The summed E-state index contributed by atoms with van der Waals surface area (Å²) in [7, 11) is 0. The Morgan fingerprint density at radius 1 is 0.423 bits per heavy atom. The maximum absolute atomic E-state index is 14.5. The summed E-state index contributed by atoms with van der Waals surface area (Å²) in [6.07, 6.45) is -1.21. The Balaban J connectivity index is 1.36. The quantitative estimate of drug-likeness (QED) is 0.202. The number of Topliss-reactive ketones (excluding diaryl/α,β-unsaturated/α-hetero) is 1. The molecule has 0 fully saturated rings. The van der Waals surface area contributed by atoms with E-state index in [1.54, 1.807) is 0 Å². The fraction of sp³-hybridized carbons (Fsp3) is 0.0625. The van der Waals surface area contributed by atoms with Crippen LogP contribution in [0.1, 0.15) is 34.1 Å². The fourth-order valence-electron chi connectivity index (χ4n) is 9.14. The van der Waals surface area contributed by atoms with Crippen LogP contribution in [0, 0.1) is 0 Å². The molecule has 0 amide bonds. The molecule has 2 heterocycles. The summed E-state index contributed by atoms with van der Waals surface area (Å²) in [6.45, 7) is 0. The molecule has 0 aliphatic heterocycles. The lowest BCUT2D eigenvalue weighted by molar-refractivity contribution is -0.130. The highest BCUT2D eigenvalue weighted by molar-refractivity contribution is 6.17. The van der Waals surface area contributed by atoms with Crippen molar-refractivity contribution in [2.24, 2.45) is 0 Å². The number of rotatable bonds is 4. The Labute approximate surface area is 299 Å². The Kier molecular flexibility index (Phi) is 6.19. The molecule has 3 atom stereocenters. The van der Waals surface area contributed by atoms with Crippen LogP contribution in [0.2, 0.25) is 0 Å². The number of para-hydroxylation sites is 2. The van der Waals surface area contributed by atoms with Crippen LogP contribution in [0.15, 0.2) is 167 Å². The van der Waals surface area contributed by atoms with Crippen LogP contribution in [-0.4, -0.2) is 17.0 Å². The molecule has 2 aromatic heterocycles. The number of ketones is 1. The maximum Gasteiger partial charge on any atom is 0.174 e. The van der Waals surface area contributed by atoms with Gasteiger partial charge in [-0.3, -0.25) is 4.79 Å². The van der Waals surface area contributed by atoms with E-state index in [4.69, 9.17) is 8.83 Å². The van der Waals surface area contributed by atoms with Crippen LogP contribution in [0.5, 0.6) is 0 Å². The number of fused-ring (bicyclic) bond motifs is 4. The molecule has 0 spiro atoms. The minimum atomic E-state index is -1.21. The predicted octanol–water partition coefficient (Wildman–Crippen LogP) is 11.5. The van der Waals surface area contributed by atoms with Crippen LogP contribution < -0.4 is 0 Å². The predicted molar refractivity (Wildman–Crippen MR) is 206 cm³/mol. The van der Waals surface area contributed by atoms with E-state index in [9.17, 15) is 9.90 Å². The Morgan fingerprint density at radius 3 is 1.38 bits per heavy atom. The topological polar surface area (TPSA) is 63.6 Å². The molecule has 3 unspecified atom stereocenters. The molecule has 3 aliphatic rings. The molecule has 246 valence electrons. The van der Waals surface area contributed by atoms with E-state index in [1.165, 1.54) is 0 Å². The van der Waals surface area contributed by atoms with Gasteiger partial charge >= 0.3 is 0 Å². The molecule has 52 heavy (non-hydrogen) atoms. The second kappa shape index (κ2) is 11.0. The Morgan fingerprint density at radius 2 is 0.846 bits per heavy atom. The number of aliphatic hydroxyl groups excluding tert-OH is 1. The van der Waals surface area contributed by atoms with Crippen LogP contribution >= 0.6 is 0 Å². The van der Waals surface area contributed by atoms with Crippen molar-refractivity contribution < 1.29 is 18.7 Å². The van der Waals surface area contributed by atoms with Crippen molar-refractivity contribution in [3.8, 4) is 44.9 Å². The number of aliphatic hydroxyl groups is 1. The first-order valence-electron chi connectivity index (χ1n) is 17.7. The second-order valence-corrected chi connectivity index (χ2v) is 13.8. The number of carbonyl (C=O) groups excluding carboxylic acids is 1. The average Bonchev–Trinajstić information content (AvgIpc) is 3.78. The molecule has 4 heteroatoms. The molecule has 1 N–H and O–H groups in total. The number of hydrogen-bond donors (Lipinski definition) is 1. The smallest absolute Gasteiger partial charge is 0.174 e. The van der Waals surface area contributed by atoms with E-state index in [2.05, 4.69) is 66.7 Å². The molecule has 0 radical (unpaired) electrons. The van der Waals surface area contributed by atoms with Crippen LogP contribution in [0.3, 0.4) is 0 Å². The van der Waals surface area contributed by atoms with Gasteiger partial charge in [-0.2, -0.15) is 0 Å². The average molecular weight is 671 g/mol. The summed E-state index contributed by atoms with van der Waals surface area (Å²) in [5.74, 6) is -0.0612. The van der Waals surface area contributed by atoms with Gasteiger partial charge in [0.1, 0.15) is 28.8 Å². The lowest BCUT2D eigenvalue weighted by Crippen LogP contribution is -2.44. The molecule has 4 nitrogen and oxygen atoms in total. The highest BCUT2D eigenvalue weighted by Gasteiger charge is 2.52. The molecule has 0 saturated carbocycles. The number of furan rings is 2. The molecule has 7 aromatic carbocycles. The highest BCUT2D eigenvalue weighted by atomic mass is 16.3. The molecule has 3 aliphatic carbocycles. The van der Waals surface area contributed by atoms with Gasteiger partial charge in [0.05, 0.1) is 5.92 Å². The summed E-state index contributed by atoms with van der Waals surface area (Å²) >= 11 is 0. The SMILES string of the molecule is O=C1C2c3ccccc3C(c3c2c(-c2oc4ccccc4c2-c2ccccc2)c2ccccc2c3-c2oc3ccccc3c2-c2ccccc2)C1O. The van der Waals surface area contributed by atoms with Gasteiger partial charge in [-0.25, -0.2) is 0 Å². The second-order valence-electron chi connectivity index (χ2n) is 13.8. The molecule has 9 aromatic rings.